The van der Waals surface area contributed by atoms with E-state index >= 15 is 0 Å². The van der Waals surface area contributed by atoms with Gasteiger partial charge in [0, 0.05) is 25.7 Å². The largest absolute Gasteiger partial charge is 0.314 e. The molecule has 5 nitrogen and oxygen atoms in total. The first-order valence-corrected chi connectivity index (χ1v) is 7.93. The van der Waals surface area contributed by atoms with E-state index < -0.39 is 10.2 Å². The minimum atomic E-state index is -3.26. The lowest BCUT2D eigenvalue weighted by molar-refractivity contribution is 0.224. The van der Waals surface area contributed by atoms with Crippen molar-refractivity contribution in [1.29, 1.82) is 0 Å². The maximum absolute atomic E-state index is 11.9. The molecule has 0 radical (unpaired) electrons. The average molecular weight is 263 g/mol. The molecule has 0 aliphatic carbocycles. The minimum Gasteiger partial charge on any atom is -0.314 e. The van der Waals surface area contributed by atoms with Crippen molar-refractivity contribution in [1.82, 2.24) is 14.3 Å². The van der Waals surface area contributed by atoms with E-state index in [2.05, 4.69) is 23.9 Å². The van der Waals surface area contributed by atoms with Crippen LogP contribution in [-0.2, 0) is 10.2 Å². The van der Waals surface area contributed by atoms with Crippen LogP contribution in [0, 0.1) is 5.92 Å². The molecule has 0 spiro atoms. The van der Waals surface area contributed by atoms with E-state index in [4.69, 9.17) is 0 Å². The van der Waals surface area contributed by atoms with Crippen LogP contribution in [0.3, 0.4) is 0 Å². The number of hydrogen-bond donors (Lipinski definition) is 2. The quantitative estimate of drug-likeness (QED) is 0.736. The molecule has 0 amide bonds. The van der Waals surface area contributed by atoms with Gasteiger partial charge >= 0.3 is 0 Å². The van der Waals surface area contributed by atoms with Crippen molar-refractivity contribution in [3.63, 3.8) is 0 Å². The zero-order chi connectivity index (χ0) is 12.9. The highest BCUT2D eigenvalue weighted by Crippen LogP contribution is 2.21. The molecule has 1 saturated heterocycles. The molecule has 0 aromatic rings. The molecule has 0 bridgehead atoms. The summed E-state index contributed by atoms with van der Waals surface area (Å²) < 4.78 is 28.0. The van der Waals surface area contributed by atoms with Gasteiger partial charge in [-0.3, -0.25) is 0 Å². The molecular weight excluding hydrogens is 238 g/mol. The van der Waals surface area contributed by atoms with Crippen molar-refractivity contribution >= 4 is 10.2 Å². The first kappa shape index (κ1) is 14.9. The molecule has 1 aliphatic heterocycles. The summed E-state index contributed by atoms with van der Waals surface area (Å²) in [6.07, 6.45) is 2.05. The topological polar surface area (TPSA) is 61.4 Å². The molecule has 2 atom stereocenters. The van der Waals surface area contributed by atoms with E-state index in [1.165, 1.54) is 0 Å². The van der Waals surface area contributed by atoms with E-state index in [0.29, 0.717) is 31.6 Å². The summed E-state index contributed by atoms with van der Waals surface area (Å²) in [5, 5.41) is 3.38. The summed E-state index contributed by atoms with van der Waals surface area (Å²) in [6, 6.07) is 0.375. The Morgan fingerprint density at radius 3 is 2.65 bits per heavy atom. The molecule has 6 heteroatoms. The summed E-state index contributed by atoms with van der Waals surface area (Å²) in [5.41, 5.74) is 0. The summed E-state index contributed by atoms with van der Waals surface area (Å²) in [5.74, 6) is 0.414. The summed E-state index contributed by atoms with van der Waals surface area (Å²) in [7, 11) is -3.26. The lowest BCUT2D eigenvalue weighted by Gasteiger charge is -2.35. The Balaban J connectivity index is 2.60. The second kappa shape index (κ2) is 6.68. The molecule has 1 heterocycles. The van der Waals surface area contributed by atoms with Gasteiger partial charge in [0.05, 0.1) is 0 Å². The van der Waals surface area contributed by atoms with Gasteiger partial charge in [0.25, 0.3) is 10.2 Å². The van der Waals surface area contributed by atoms with Gasteiger partial charge in [-0.2, -0.15) is 12.7 Å². The number of nitrogens with zero attached hydrogens (tertiary/aromatic N) is 1. The first-order valence-electron chi connectivity index (χ1n) is 6.49. The van der Waals surface area contributed by atoms with Crippen molar-refractivity contribution < 1.29 is 8.42 Å². The van der Waals surface area contributed by atoms with Crippen molar-refractivity contribution in [3.05, 3.63) is 0 Å². The predicted octanol–water partition coefficient (Wildman–Crippen LogP) is 0.551. The van der Waals surface area contributed by atoms with Gasteiger partial charge in [0.2, 0.25) is 0 Å². The number of hydrogen-bond acceptors (Lipinski definition) is 3. The highest BCUT2D eigenvalue weighted by Gasteiger charge is 2.30. The molecule has 0 aromatic heterocycles. The van der Waals surface area contributed by atoms with Crippen LogP contribution in [0.25, 0.3) is 0 Å². The Labute approximate surface area is 105 Å². The fraction of sp³-hybridized carbons (Fsp3) is 1.00. The van der Waals surface area contributed by atoms with E-state index in [1.807, 2.05) is 0 Å². The molecule has 2 unspecified atom stereocenters. The summed E-state index contributed by atoms with van der Waals surface area (Å²) >= 11 is 0. The third-order valence-corrected chi connectivity index (χ3v) is 4.99. The molecular formula is C11H25N3O2S. The van der Waals surface area contributed by atoms with Crippen LogP contribution in [0.15, 0.2) is 0 Å². The second-order valence-electron chi connectivity index (χ2n) is 4.61. The first-order chi connectivity index (χ1) is 8.01. The smallest absolute Gasteiger partial charge is 0.279 e. The Hall–Kier alpha value is -0.170. The van der Waals surface area contributed by atoms with Gasteiger partial charge in [-0.25, -0.2) is 4.72 Å². The molecule has 0 saturated carbocycles. The SMILES string of the molecule is CCNC(C)C1CCCN(S(=O)(=O)NCC)C1. The third-order valence-electron chi connectivity index (χ3n) is 3.32. The summed E-state index contributed by atoms with van der Waals surface area (Å²) in [6.45, 7) is 8.67. The van der Waals surface area contributed by atoms with Crippen LogP contribution in [0.4, 0.5) is 0 Å². The normalized spacial score (nSPS) is 24.8. The van der Waals surface area contributed by atoms with Crippen LogP contribution in [0.2, 0.25) is 0 Å². The number of rotatable bonds is 6. The van der Waals surface area contributed by atoms with Crippen LogP contribution < -0.4 is 10.0 Å². The number of nitrogens with one attached hydrogen (secondary N) is 2. The van der Waals surface area contributed by atoms with Crippen molar-refractivity contribution in [2.45, 2.75) is 39.7 Å². The maximum Gasteiger partial charge on any atom is 0.279 e. The Morgan fingerprint density at radius 1 is 1.35 bits per heavy atom. The standard InChI is InChI=1S/C11H25N3O2S/c1-4-12-10(3)11-7-6-8-14(9-11)17(15,16)13-5-2/h10-13H,4-9H2,1-3H3. The molecule has 2 N–H and O–H groups in total. The van der Waals surface area contributed by atoms with Crippen molar-refractivity contribution in [3.8, 4) is 0 Å². The zero-order valence-electron chi connectivity index (χ0n) is 11.1. The van der Waals surface area contributed by atoms with Crippen LogP contribution in [-0.4, -0.2) is 44.9 Å². The van der Waals surface area contributed by atoms with Crippen molar-refractivity contribution in [2.75, 3.05) is 26.2 Å². The van der Waals surface area contributed by atoms with Gasteiger partial charge in [0.1, 0.15) is 0 Å². The fourth-order valence-electron chi connectivity index (χ4n) is 2.36. The van der Waals surface area contributed by atoms with Gasteiger partial charge in [-0.05, 0) is 32.2 Å². The van der Waals surface area contributed by atoms with Gasteiger partial charge in [0.15, 0.2) is 0 Å². The second-order valence-corrected chi connectivity index (χ2v) is 6.36. The van der Waals surface area contributed by atoms with Crippen LogP contribution >= 0.6 is 0 Å². The summed E-state index contributed by atoms with van der Waals surface area (Å²) in [4.78, 5) is 0. The van der Waals surface area contributed by atoms with E-state index in [1.54, 1.807) is 11.2 Å². The van der Waals surface area contributed by atoms with E-state index in [-0.39, 0.29) is 0 Å². The molecule has 1 rings (SSSR count). The number of piperidine rings is 1. The van der Waals surface area contributed by atoms with Crippen LogP contribution in [0.5, 0.6) is 0 Å². The minimum absolute atomic E-state index is 0.375. The van der Waals surface area contributed by atoms with E-state index in [0.717, 1.165) is 19.4 Å². The third kappa shape index (κ3) is 4.21. The molecule has 0 aromatic carbocycles. The molecule has 17 heavy (non-hydrogen) atoms. The van der Waals surface area contributed by atoms with Gasteiger partial charge < -0.3 is 5.32 Å². The molecule has 102 valence electrons. The van der Waals surface area contributed by atoms with Crippen molar-refractivity contribution in [2.24, 2.45) is 5.92 Å². The highest BCUT2D eigenvalue weighted by atomic mass is 32.2. The maximum atomic E-state index is 11.9. The molecule has 1 aliphatic rings. The average Bonchev–Trinajstić information content (AvgIpc) is 2.29. The Kier molecular flexibility index (Phi) is 5.85. The lowest BCUT2D eigenvalue weighted by Crippen LogP contribution is -2.49. The predicted molar refractivity (Wildman–Crippen MR) is 70.0 cm³/mol. The molecule has 1 fully saturated rings. The van der Waals surface area contributed by atoms with Gasteiger partial charge in [-0.15, -0.1) is 0 Å². The Bertz CT molecular complexity index is 319. The van der Waals surface area contributed by atoms with Crippen LogP contribution in [0.1, 0.15) is 33.6 Å². The zero-order valence-corrected chi connectivity index (χ0v) is 11.9. The lowest BCUT2D eigenvalue weighted by atomic mass is 9.93. The van der Waals surface area contributed by atoms with Gasteiger partial charge in [-0.1, -0.05) is 13.8 Å². The fourth-order valence-corrected chi connectivity index (χ4v) is 3.67. The Morgan fingerprint density at radius 2 is 2.06 bits per heavy atom. The highest BCUT2D eigenvalue weighted by molar-refractivity contribution is 7.87. The monoisotopic (exact) mass is 263 g/mol. The van der Waals surface area contributed by atoms with E-state index in [9.17, 15) is 8.42 Å².